The molecule has 0 aliphatic carbocycles. The highest BCUT2D eigenvalue weighted by Gasteiger charge is 2.24. The Morgan fingerprint density at radius 1 is 0.477 bits per heavy atom. The summed E-state index contributed by atoms with van der Waals surface area (Å²) in [5.74, 6) is -0.157. The Morgan fingerprint density at radius 3 is 1.05 bits per heavy atom. The first-order valence-corrected chi connectivity index (χ1v) is 30.3. The van der Waals surface area contributed by atoms with Crippen LogP contribution in [-0.4, -0.2) is 68.5 Å². The van der Waals surface area contributed by atoms with Gasteiger partial charge in [0.05, 0.1) is 39.9 Å². The second-order valence-electron chi connectivity index (χ2n) is 21.4. The molecule has 1 amide bonds. The first-order valence-electron chi connectivity index (χ1n) is 28.9. The number of nitrogens with one attached hydrogen (secondary N) is 1. The minimum absolute atomic E-state index is 0.0164. The molecule has 0 aromatic carbocycles. The summed E-state index contributed by atoms with van der Waals surface area (Å²) >= 11 is 0. The van der Waals surface area contributed by atoms with Crippen LogP contribution >= 0.6 is 7.82 Å². The molecule has 0 aromatic heterocycles. The highest BCUT2D eigenvalue weighted by atomic mass is 31.2. The Labute approximate surface area is 406 Å². The molecular formula is C56H115N2O6P. The summed E-state index contributed by atoms with van der Waals surface area (Å²) in [6.07, 6.45) is 57.1. The standard InChI is InChI=1S/C56H115N2O6P/c1-6-8-10-12-14-16-18-20-22-23-24-25-26-27-28-29-30-31-32-33-34-35-36-38-40-42-44-46-48-50-56(60)57-54(53-64-65(61,62)63-52-51-58(3,4)5)55(59)49-47-45-43-41-39-37-21-19-17-15-13-11-9-7-2/h54-55,59H,6-53H2,1-5H3,(H-,57,60,61,62)/t54-,55+/m0/s1. The van der Waals surface area contributed by atoms with E-state index in [2.05, 4.69) is 19.2 Å². The van der Waals surface area contributed by atoms with Crippen LogP contribution in [0.15, 0.2) is 0 Å². The van der Waals surface area contributed by atoms with Crippen LogP contribution in [0.2, 0.25) is 0 Å². The number of amides is 1. The number of hydrogen-bond donors (Lipinski definition) is 2. The molecule has 0 rings (SSSR count). The highest BCUT2D eigenvalue weighted by Crippen LogP contribution is 2.38. The SMILES string of the molecule is CCCCCCCCCCCCCCCCCCCCCCCCCCCCCCCC(=O)N[C@@H](COP(=O)([O-])OCC[N+](C)(C)C)[C@H](O)CCCCCCCCCCCCCCCC. The topological polar surface area (TPSA) is 108 Å². The fraction of sp³-hybridized carbons (Fsp3) is 0.982. The van der Waals surface area contributed by atoms with Crippen molar-refractivity contribution in [3.05, 3.63) is 0 Å². The first-order chi connectivity index (χ1) is 31.5. The van der Waals surface area contributed by atoms with E-state index in [4.69, 9.17) is 9.05 Å². The molecule has 0 radical (unpaired) electrons. The Morgan fingerprint density at radius 2 is 0.754 bits per heavy atom. The van der Waals surface area contributed by atoms with E-state index in [9.17, 15) is 19.4 Å². The molecule has 65 heavy (non-hydrogen) atoms. The molecule has 0 heterocycles. The third-order valence-electron chi connectivity index (χ3n) is 13.6. The number of aliphatic hydroxyl groups is 1. The van der Waals surface area contributed by atoms with Crippen molar-refractivity contribution in [2.24, 2.45) is 0 Å². The number of aliphatic hydroxyl groups excluding tert-OH is 1. The fourth-order valence-corrected chi connectivity index (χ4v) is 9.77. The smallest absolute Gasteiger partial charge is 0.268 e. The number of phosphoric acid groups is 1. The number of nitrogens with zero attached hydrogens (tertiary/aromatic N) is 1. The molecule has 8 nitrogen and oxygen atoms in total. The van der Waals surface area contributed by atoms with Gasteiger partial charge in [0.15, 0.2) is 0 Å². The van der Waals surface area contributed by atoms with Crippen molar-refractivity contribution in [1.29, 1.82) is 0 Å². The lowest BCUT2D eigenvalue weighted by Gasteiger charge is -2.30. The Balaban J connectivity index is 4.00. The van der Waals surface area contributed by atoms with Gasteiger partial charge in [0.25, 0.3) is 7.82 Å². The molecule has 0 saturated carbocycles. The minimum Gasteiger partial charge on any atom is -0.756 e. The van der Waals surface area contributed by atoms with E-state index in [-0.39, 0.29) is 19.1 Å². The van der Waals surface area contributed by atoms with Crippen molar-refractivity contribution in [2.75, 3.05) is 40.9 Å². The maximum atomic E-state index is 13.0. The maximum Gasteiger partial charge on any atom is 0.268 e. The minimum atomic E-state index is -4.56. The molecule has 390 valence electrons. The van der Waals surface area contributed by atoms with Crippen molar-refractivity contribution < 1.29 is 32.9 Å². The number of hydrogen-bond acceptors (Lipinski definition) is 6. The van der Waals surface area contributed by atoms with Crippen LogP contribution in [-0.2, 0) is 18.4 Å². The van der Waals surface area contributed by atoms with Crippen LogP contribution in [0.3, 0.4) is 0 Å². The molecule has 0 aromatic rings. The van der Waals surface area contributed by atoms with Crippen LogP contribution in [0.5, 0.6) is 0 Å². The molecule has 1 unspecified atom stereocenters. The van der Waals surface area contributed by atoms with Crippen molar-refractivity contribution in [2.45, 2.75) is 315 Å². The summed E-state index contributed by atoms with van der Waals surface area (Å²) in [6, 6.07) is -0.794. The monoisotopic (exact) mass is 943 g/mol. The molecule has 0 spiro atoms. The van der Waals surface area contributed by atoms with Gasteiger partial charge in [-0.2, -0.15) is 0 Å². The van der Waals surface area contributed by atoms with Gasteiger partial charge in [-0.1, -0.05) is 284 Å². The number of quaternary nitrogens is 1. The van der Waals surface area contributed by atoms with Gasteiger partial charge in [-0.05, 0) is 12.8 Å². The van der Waals surface area contributed by atoms with Gasteiger partial charge in [-0.15, -0.1) is 0 Å². The van der Waals surface area contributed by atoms with Gasteiger partial charge in [-0.25, -0.2) is 0 Å². The third kappa shape index (κ3) is 51.2. The zero-order valence-corrected chi connectivity index (χ0v) is 45.4. The Kier molecular flexibility index (Phi) is 48.1. The number of carbonyl (C=O) groups excluding carboxylic acids is 1. The summed E-state index contributed by atoms with van der Waals surface area (Å²) in [6.45, 7) is 4.77. The molecule has 3 atom stereocenters. The fourth-order valence-electron chi connectivity index (χ4n) is 9.04. The van der Waals surface area contributed by atoms with E-state index in [1.165, 1.54) is 238 Å². The number of rotatable bonds is 54. The van der Waals surface area contributed by atoms with E-state index >= 15 is 0 Å². The lowest BCUT2D eigenvalue weighted by atomic mass is 10.0. The summed E-state index contributed by atoms with van der Waals surface area (Å²) in [7, 11) is 1.32. The van der Waals surface area contributed by atoms with Gasteiger partial charge in [-0.3, -0.25) is 9.36 Å². The molecule has 0 bridgehead atoms. The summed E-state index contributed by atoms with van der Waals surface area (Å²) < 4.78 is 23.4. The highest BCUT2D eigenvalue weighted by molar-refractivity contribution is 7.45. The second-order valence-corrected chi connectivity index (χ2v) is 22.8. The summed E-state index contributed by atoms with van der Waals surface area (Å²) in [5, 5.41) is 14.0. The average Bonchev–Trinajstić information content (AvgIpc) is 3.26. The lowest BCUT2D eigenvalue weighted by Crippen LogP contribution is -2.46. The maximum absolute atomic E-state index is 13.0. The first kappa shape index (κ1) is 64.5. The van der Waals surface area contributed by atoms with E-state index in [0.29, 0.717) is 23.9 Å². The van der Waals surface area contributed by atoms with Crippen molar-refractivity contribution in [1.82, 2.24) is 5.32 Å². The van der Waals surface area contributed by atoms with Gasteiger partial charge >= 0.3 is 0 Å². The number of carbonyl (C=O) groups is 1. The van der Waals surface area contributed by atoms with Crippen molar-refractivity contribution >= 4 is 13.7 Å². The number of phosphoric ester groups is 1. The molecular weight excluding hydrogens is 828 g/mol. The third-order valence-corrected chi connectivity index (χ3v) is 14.6. The summed E-state index contributed by atoms with van der Waals surface area (Å²) in [4.78, 5) is 25.5. The van der Waals surface area contributed by atoms with Crippen LogP contribution in [0.4, 0.5) is 0 Å². The number of unbranched alkanes of at least 4 members (excludes halogenated alkanes) is 41. The normalized spacial score (nSPS) is 13.9. The van der Waals surface area contributed by atoms with E-state index < -0.39 is 20.0 Å². The quantitative estimate of drug-likeness (QED) is 0.0357. The van der Waals surface area contributed by atoms with Crippen LogP contribution < -0.4 is 10.2 Å². The van der Waals surface area contributed by atoms with E-state index in [0.717, 1.165) is 38.5 Å². The molecule has 9 heteroatoms. The van der Waals surface area contributed by atoms with Gasteiger partial charge in [0.1, 0.15) is 13.2 Å². The van der Waals surface area contributed by atoms with Gasteiger partial charge in [0, 0.05) is 6.42 Å². The van der Waals surface area contributed by atoms with Crippen LogP contribution in [0.1, 0.15) is 303 Å². The Bertz CT molecular complexity index is 1030. The predicted molar refractivity (Wildman–Crippen MR) is 279 cm³/mol. The largest absolute Gasteiger partial charge is 0.756 e. The van der Waals surface area contributed by atoms with Gasteiger partial charge < -0.3 is 28.8 Å². The van der Waals surface area contributed by atoms with Crippen molar-refractivity contribution in [3.63, 3.8) is 0 Å². The predicted octanol–water partition coefficient (Wildman–Crippen LogP) is 16.6. The zero-order valence-electron chi connectivity index (χ0n) is 44.5. The molecule has 0 saturated heterocycles. The summed E-state index contributed by atoms with van der Waals surface area (Å²) in [5.41, 5.74) is 0. The van der Waals surface area contributed by atoms with Crippen LogP contribution in [0, 0.1) is 0 Å². The lowest BCUT2D eigenvalue weighted by molar-refractivity contribution is -0.870. The molecule has 0 aliphatic rings. The van der Waals surface area contributed by atoms with E-state index in [1.54, 1.807) is 0 Å². The second kappa shape index (κ2) is 48.5. The molecule has 0 fully saturated rings. The molecule has 0 aliphatic heterocycles. The van der Waals surface area contributed by atoms with Crippen LogP contribution in [0.25, 0.3) is 0 Å². The Hall–Kier alpha value is -0.500. The van der Waals surface area contributed by atoms with E-state index in [1.807, 2.05) is 21.1 Å². The zero-order chi connectivity index (χ0) is 47.8. The molecule has 2 N–H and O–H groups in total. The van der Waals surface area contributed by atoms with Crippen molar-refractivity contribution in [3.8, 4) is 0 Å². The number of likely N-dealkylation sites (N-methyl/N-ethyl adjacent to an activating group) is 1. The van der Waals surface area contributed by atoms with Gasteiger partial charge in [0.2, 0.25) is 5.91 Å². The average molecular weight is 944 g/mol.